The van der Waals surface area contributed by atoms with E-state index >= 15 is 0 Å². The molecule has 24 heavy (non-hydrogen) atoms. The lowest BCUT2D eigenvalue weighted by molar-refractivity contribution is -0.306. The van der Waals surface area contributed by atoms with Crippen molar-refractivity contribution in [3.63, 3.8) is 0 Å². The summed E-state index contributed by atoms with van der Waals surface area (Å²) in [6.45, 7) is 4.71. The molecule has 0 saturated carbocycles. The van der Waals surface area contributed by atoms with Crippen molar-refractivity contribution in [2.24, 2.45) is 5.41 Å². The molecule has 0 unspecified atom stereocenters. The van der Waals surface area contributed by atoms with Crippen molar-refractivity contribution in [2.75, 3.05) is 26.4 Å². The molecule has 0 atom stereocenters. The third-order valence-corrected chi connectivity index (χ3v) is 4.73. The second kappa shape index (κ2) is 8.90. The summed E-state index contributed by atoms with van der Waals surface area (Å²) < 4.78 is 23.6. The van der Waals surface area contributed by atoms with Crippen LogP contribution in [0.3, 0.4) is 0 Å². The van der Waals surface area contributed by atoms with Crippen LogP contribution >= 0.6 is 0 Å². The van der Waals surface area contributed by atoms with Crippen molar-refractivity contribution in [3.8, 4) is 0 Å². The molecule has 134 valence electrons. The Morgan fingerprint density at radius 3 is 2.38 bits per heavy atom. The number of rotatable bonds is 7. The summed E-state index contributed by atoms with van der Waals surface area (Å²) >= 11 is 0. The van der Waals surface area contributed by atoms with Crippen LogP contribution in [0.15, 0.2) is 24.5 Å². The smallest absolute Gasteiger partial charge is 0.185 e. The SMILES string of the molecule is CCCCCCCC1OCC2(CO1)COC(c1cccnc1)OC2. The highest BCUT2D eigenvalue weighted by Gasteiger charge is 2.42. The molecule has 1 aromatic rings. The van der Waals surface area contributed by atoms with E-state index in [0.717, 1.165) is 12.0 Å². The summed E-state index contributed by atoms with van der Waals surface area (Å²) in [5.41, 5.74) is 0.784. The van der Waals surface area contributed by atoms with E-state index in [1.54, 1.807) is 12.4 Å². The molecule has 1 spiro atoms. The fraction of sp³-hybridized carbons (Fsp3) is 0.737. The summed E-state index contributed by atoms with van der Waals surface area (Å²) in [5.74, 6) is 0. The zero-order chi connectivity index (χ0) is 16.7. The van der Waals surface area contributed by atoms with Crippen LogP contribution < -0.4 is 0 Å². The van der Waals surface area contributed by atoms with Crippen LogP contribution in [-0.4, -0.2) is 37.7 Å². The number of hydrogen-bond acceptors (Lipinski definition) is 5. The molecule has 2 fully saturated rings. The van der Waals surface area contributed by atoms with Crippen molar-refractivity contribution in [2.45, 2.75) is 58.0 Å². The molecular formula is C19H29NO4. The van der Waals surface area contributed by atoms with Crippen molar-refractivity contribution in [3.05, 3.63) is 30.1 Å². The van der Waals surface area contributed by atoms with Gasteiger partial charge >= 0.3 is 0 Å². The van der Waals surface area contributed by atoms with Crippen LogP contribution in [0.2, 0.25) is 0 Å². The highest BCUT2D eigenvalue weighted by Crippen LogP contribution is 2.35. The van der Waals surface area contributed by atoms with Crippen molar-refractivity contribution in [1.29, 1.82) is 0 Å². The van der Waals surface area contributed by atoms with Gasteiger partial charge in [-0.2, -0.15) is 0 Å². The lowest BCUT2D eigenvalue weighted by Crippen LogP contribution is -2.50. The fourth-order valence-corrected chi connectivity index (χ4v) is 3.18. The Morgan fingerprint density at radius 2 is 1.71 bits per heavy atom. The summed E-state index contributed by atoms with van der Waals surface area (Å²) in [7, 11) is 0. The first-order valence-electron chi connectivity index (χ1n) is 9.18. The van der Waals surface area contributed by atoms with E-state index < -0.39 is 0 Å². The summed E-state index contributed by atoms with van der Waals surface area (Å²) in [5, 5.41) is 0. The summed E-state index contributed by atoms with van der Waals surface area (Å²) in [6.07, 6.45) is 10.5. The van der Waals surface area contributed by atoms with Crippen LogP contribution in [0.4, 0.5) is 0 Å². The Hall–Kier alpha value is -1.01. The van der Waals surface area contributed by atoms with E-state index in [9.17, 15) is 0 Å². The Bertz CT molecular complexity index is 464. The standard InChI is InChI=1S/C19H29NO4/c1-2-3-4-5-6-9-17-21-12-19(13-22-17)14-23-18(24-15-19)16-8-7-10-20-11-16/h7-8,10-11,17-18H,2-6,9,12-15H2,1H3. The predicted octanol–water partition coefficient (Wildman–Crippen LogP) is 3.85. The molecule has 0 N–H and O–H groups in total. The van der Waals surface area contributed by atoms with Crippen LogP contribution in [0.5, 0.6) is 0 Å². The molecular weight excluding hydrogens is 306 g/mol. The van der Waals surface area contributed by atoms with E-state index in [4.69, 9.17) is 18.9 Å². The highest BCUT2D eigenvalue weighted by molar-refractivity contribution is 5.10. The summed E-state index contributed by atoms with van der Waals surface area (Å²) in [6, 6.07) is 3.86. The normalized spacial score (nSPS) is 30.5. The van der Waals surface area contributed by atoms with Crippen LogP contribution in [-0.2, 0) is 18.9 Å². The molecule has 2 aliphatic heterocycles. The van der Waals surface area contributed by atoms with Crippen molar-refractivity contribution in [1.82, 2.24) is 4.98 Å². The monoisotopic (exact) mass is 335 g/mol. The molecule has 0 bridgehead atoms. The molecule has 5 nitrogen and oxygen atoms in total. The van der Waals surface area contributed by atoms with Gasteiger partial charge in [0, 0.05) is 18.0 Å². The van der Waals surface area contributed by atoms with Gasteiger partial charge in [0.05, 0.1) is 31.8 Å². The minimum absolute atomic E-state index is 0.0618. The lowest BCUT2D eigenvalue weighted by atomic mass is 9.90. The van der Waals surface area contributed by atoms with E-state index in [0.29, 0.717) is 26.4 Å². The van der Waals surface area contributed by atoms with Crippen molar-refractivity contribution >= 4 is 0 Å². The Morgan fingerprint density at radius 1 is 1.00 bits per heavy atom. The average molecular weight is 335 g/mol. The van der Waals surface area contributed by atoms with E-state index in [2.05, 4.69) is 11.9 Å². The Kier molecular flexibility index (Phi) is 6.60. The average Bonchev–Trinajstić information content (AvgIpc) is 2.65. The van der Waals surface area contributed by atoms with Gasteiger partial charge in [0.25, 0.3) is 0 Å². The maximum absolute atomic E-state index is 5.92. The third kappa shape index (κ3) is 4.76. The zero-order valence-electron chi connectivity index (χ0n) is 14.6. The summed E-state index contributed by atoms with van der Waals surface area (Å²) in [4.78, 5) is 4.11. The molecule has 3 rings (SSSR count). The zero-order valence-corrected chi connectivity index (χ0v) is 14.6. The maximum atomic E-state index is 5.92. The number of aromatic nitrogens is 1. The number of hydrogen-bond donors (Lipinski definition) is 0. The minimum atomic E-state index is -0.333. The van der Waals surface area contributed by atoms with Gasteiger partial charge < -0.3 is 18.9 Å². The van der Waals surface area contributed by atoms with Gasteiger partial charge in [0.15, 0.2) is 12.6 Å². The molecule has 3 heterocycles. The van der Waals surface area contributed by atoms with Gasteiger partial charge in [-0.1, -0.05) is 38.7 Å². The van der Waals surface area contributed by atoms with Gasteiger partial charge in [-0.25, -0.2) is 0 Å². The molecule has 0 aromatic carbocycles. The quantitative estimate of drug-likeness (QED) is 0.709. The molecule has 2 aliphatic rings. The molecule has 0 radical (unpaired) electrons. The first kappa shape index (κ1) is 17.8. The Balaban J connectivity index is 1.37. The predicted molar refractivity (Wildman–Crippen MR) is 90.4 cm³/mol. The topological polar surface area (TPSA) is 49.8 Å². The van der Waals surface area contributed by atoms with Gasteiger partial charge in [-0.3, -0.25) is 4.98 Å². The van der Waals surface area contributed by atoms with Crippen molar-refractivity contribution < 1.29 is 18.9 Å². The fourth-order valence-electron chi connectivity index (χ4n) is 3.18. The maximum Gasteiger partial charge on any atom is 0.185 e. The number of unbranched alkanes of at least 4 members (excludes halogenated alkanes) is 4. The van der Waals surface area contributed by atoms with Crippen LogP contribution in [0.1, 0.15) is 57.3 Å². The third-order valence-electron chi connectivity index (χ3n) is 4.73. The molecule has 5 heteroatoms. The van der Waals surface area contributed by atoms with Gasteiger partial charge in [0.2, 0.25) is 0 Å². The molecule has 0 amide bonds. The van der Waals surface area contributed by atoms with E-state index in [1.165, 1.54) is 32.1 Å². The number of pyridine rings is 1. The molecule has 0 aliphatic carbocycles. The molecule has 2 saturated heterocycles. The second-order valence-corrected chi connectivity index (χ2v) is 6.99. The molecule has 1 aromatic heterocycles. The first-order chi connectivity index (χ1) is 11.8. The lowest BCUT2D eigenvalue weighted by Gasteiger charge is -2.43. The minimum Gasteiger partial charge on any atom is -0.352 e. The second-order valence-electron chi connectivity index (χ2n) is 6.99. The van der Waals surface area contributed by atoms with E-state index in [1.807, 2.05) is 12.1 Å². The number of ether oxygens (including phenoxy) is 4. The largest absolute Gasteiger partial charge is 0.352 e. The van der Waals surface area contributed by atoms with Gasteiger partial charge in [-0.05, 0) is 18.9 Å². The first-order valence-corrected chi connectivity index (χ1v) is 9.18. The highest BCUT2D eigenvalue weighted by atomic mass is 16.7. The number of nitrogens with zero attached hydrogens (tertiary/aromatic N) is 1. The van der Waals surface area contributed by atoms with Crippen LogP contribution in [0.25, 0.3) is 0 Å². The van der Waals surface area contributed by atoms with Gasteiger partial charge in [-0.15, -0.1) is 0 Å². The van der Waals surface area contributed by atoms with Gasteiger partial charge in [0.1, 0.15) is 0 Å². The van der Waals surface area contributed by atoms with Crippen LogP contribution in [0, 0.1) is 5.41 Å². The Labute approximate surface area is 144 Å². The van der Waals surface area contributed by atoms with E-state index in [-0.39, 0.29) is 18.0 Å².